The van der Waals surface area contributed by atoms with Crippen LogP contribution in [0.25, 0.3) is 0 Å². The van der Waals surface area contributed by atoms with Crippen LogP contribution in [0.1, 0.15) is 303 Å². The van der Waals surface area contributed by atoms with Gasteiger partial charge in [0.2, 0.25) is 5.91 Å². The van der Waals surface area contributed by atoms with Gasteiger partial charge in [-0.15, -0.1) is 0 Å². The molecule has 2 aliphatic rings. The second-order valence-corrected chi connectivity index (χ2v) is 25.3. The Hall–Kier alpha value is -2.31. The highest BCUT2D eigenvalue weighted by molar-refractivity contribution is 5.76. The molecule has 2 aliphatic heterocycles. The topological polar surface area (TPSA) is 228 Å². The number of hydrogen-bond donors (Lipinski definition) is 9. The molecule has 0 spiro atoms. The zero-order valence-electron chi connectivity index (χ0n) is 55.3. The number of carbonyl (C=O) groups excluding carboxylic acids is 1. The Kier molecular flexibility index (Phi) is 53.5. The number of carbonyl (C=O) groups is 1. The number of allylic oxidation sites excluding steroid dienone is 9. The van der Waals surface area contributed by atoms with E-state index in [1.54, 1.807) is 6.08 Å². The van der Waals surface area contributed by atoms with E-state index in [9.17, 15) is 45.6 Å². The van der Waals surface area contributed by atoms with Crippen LogP contribution in [0.4, 0.5) is 0 Å². The minimum atomic E-state index is -1.79. The molecular formula is C73H133NO13. The minimum Gasteiger partial charge on any atom is -0.394 e. The van der Waals surface area contributed by atoms with Gasteiger partial charge in [-0.3, -0.25) is 4.79 Å². The lowest BCUT2D eigenvalue weighted by Crippen LogP contribution is -2.65. The maximum absolute atomic E-state index is 13.3. The van der Waals surface area contributed by atoms with Crippen LogP contribution in [0.5, 0.6) is 0 Å². The van der Waals surface area contributed by atoms with Gasteiger partial charge in [0.25, 0.3) is 0 Å². The summed E-state index contributed by atoms with van der Waals surface area (Å²) in [5.74, 6) is -0.250. The molecule has 0 aromatic rings. The van der Waals surface area contributed by atoms with Gasteiger partial charge in [-0.1, -0.05) is 280 Å². The molecule has 508 valence electrons. The fourth-order valence-electron chi connectivity index (χ4n) is 11.7. The Balaban J connectivity index is 1.67. The molecule has 2 rings (SSSR count). The lowest BCUT2D eigenvalue weighted by molar-refractivity contribution is -0.359. The summed E-state index contributed by atoms with van der Waals surface area (Å²) in [6.45, 7) is 2.80. The molecule has 9 N–H and O–H groups in total. The van der Waals surface area contributed by atoms with Crippen LogP contribution in [0, 0.1) is 0 Å². The predicted octanol–water partition coefficient (Wildman–Crippen LogP) is 14.8. The summed E-state index contributed by atoms with van der Waals surface area (Å²) in [5.41, 5.74) is 0. The van der Waals surface area contributed by atoms with Crippen LogP contribution in [0.3, 0.4) is 0 Å². The van der Waals surface area contributed by atoms with Gasteiger partial charge in [0.15, 0.2) is 12.6 Å². The van der Waals surface area contributed by atoms with Crippen LogP contribution in [-0.2, 0) is 23.7 Å². The van der Waals surface area contributed by atoms with E-state index in [2.05, 4.69) is 67.8 Å². The SMILES string of the molecule is CCCCCCC/C=C\C/C=C\CCCCCCCCCCCCCCCCCCCCCC(=O)NC(COC1OC(CO)C(OC2OC(CO)C(O)C(O)C2O)C(O)C1O)C(O)/C=C/CC/C=C/CC/C=C/CCCCCCCCCCCCCC. The zero-order chi connectivity index (χ0) is 63.1. The van der Waals surface area contributed by atoms with Crippen LogP contribution in [-0.4, -0.2) is 140 Å². The number of nitrogens with one attached hydrogen (secondary N) is 1. The van der Waals surface area contributed by atoms with E-state index in [4.69, 9.17) is 18.9 Å². The van der Waals surface area contributed by atoms with E-state index in [0.717, 1.165) is 51.4 Å². The molecule has 0 radical (unpaired) electrons. The number of ether oxygens (including phenoxy) is 4. The third-order valence-electron chi connectivity index (χ3n) is 17.4. The molecule has 87 heavy (non-hydrogen) atoms. The van der Waals surface area contributed by atoms with Crippen molar-refractivity contribution in [2.75, 3.05) is 19.8 Å². The zero-order valence-corrected chi connectivity index (χ0v) is 55.3. The molecule has 0 bridgehead atoms. The molecule has 2 heterocycles. The van der Waals surface area contributed by atoms with E-state index in [-0.39, 0.29) is 18.9 Å². The molecule has 2 fully saturated rings. The highest BCUT2D eigenvalue weighted by atomic mass is 16.7. The fourth-order valence-corrected chi connectivity index (χ4v) is 11.7. The van der Waals surface area contributed by atoms with Gasteiger partial charge < -0.3 is 65.1 Å². The summed E-state index contributed by atoms with van der Waals surface area (Å²) in [6, 6.07) is -0.940. The molecule has 0 saturated carbocycles. The van der Waals surface area contributed by atoms with Crippen molar-refractivity contribution < 1.29 is 64.6 Å². The molecule has 2 saturated heterocycles. The van der Waals surface area contributed by atoms with Crippen molar-refractivity contribution in [1.82, 2.24) is 5.32 Å². The summed E-state index contributed by atoms with van der Waals surface area (Å²) >= 11 is 0. The normalized spacial score (nSPS) is 23.6. The monoisotopic (exact) mass is 1230 g/mol. The average molecular weight is 1230 g/mol. The van der Waals surface area contributed by atoms with Gasteiger partial charge in [-0.05, 0) is 77.0 Å². The minimum absolute atomic E-state index is 0.250. The third-order valence-corrected chi connectivity index (χ3v) is 17.4. The van der Waals surface area contributed by atoms with E-state index in [0.29, 0.717) is 12.8 Å². The molecule has 12 atom stereocenters. The number of rotatable bonds is 59. The van der Waals surface area contributed by atoms with Crippen molar-refractivity contribution in [3.05, 3.63) is 60.8 Å². The molecule has 12 unspecified atom stereocenters. The van der Waals surface area contributed by atoms with Gasteiger partial charge in [0, 0.05) is 6.42 Å². The highest BCUT2D eigenvalue weighted by Crippen LogP contribution is 2.30. The second-order valence-electron chi connectivity index (χ2n) is 25.3. The Morgan fingerprint density at radius 3 is 1.20 bits per heavy atom. The first kappa shape index (κ1) is 80.8. The standard InChI is InChI=1S/C73H133NO13/c1-3-5-7-9-11-13-15-17-19-21-23-25-27-28-29-30-31-32-33-34-35-37-39-41-43-45-47-49-51-53-55-57-65(78)74-61(60-84-72-70(83)68(81)71(64(59-76)86-72)87-73-69(82)67(80)66(79)63(58-75)85-73)62(77)56-54-52-50-48-46-44-42-40-38-36-26-24-22-20-18-16-14-12-10-8-6-4-2/h15,17,21,23,38,40,46,48,54,56,61-64,66-73,75-77,79-83H,3-14,16,18-20,22,24-37,39,41-45,47,49-53,55,57-60H2,1-2H3,(H,74,78)/b17-15-,23-21-,40-38+,48-46+,56-54+. The van der Waals surface area contributed by atoms with Crippen LogP contribution in [0.2, 0.25) is 0 Å². The molecule has 14 heteroatoms. The van der Waals surface area contributed by atoms with Crippen LogP contribution >= 0.6 is 0 Å². The first-order valence-electron chi connectivity index (χ1n) is 36.0. The number of unbranched alkanes of at least 4 members (excludes halogenated alkanes) is 38. The second kappa shape index (κ2) is 57.6. The molecule has 0 aromatic heterocycles. The van der Waals surface area contributed by atoms with Gasteiger partial charge in [0.05, 0.1) is 32.0 Å². The fraction of sp³-hybridized carbons (Fsp3) is 0.849. The summed E-state index contributed by atoms with van der Waals surface area (Å²) < 4.78 is 22.8. The van der Waals surface area contributed by atoms with Crippen molar-refractivity contribution >= 4 is 5.91 Å². The lowest BCUT2D eigenvalue weighted by atomic mass is 9.97. The van der Waals surface area contributed by atoms with Gasteiger partial charge >= 0.3 is 0 Å². The summed E-state index contributed by atoms with van der Waals surface area (Å²) in [4.78, 5) is 13.3. The smallest absolute Gasteiger partial charge is 0.220 e. The van der Waals surface area contributed by atoms with Crippen molar-refractivity contribution in [3.63, 3.8) is 0 Å². The summed E-state index contributed by atoms with van der Waals surface area (Å²) in [6.07, 6.45) is 60.0. The molecule has 14 nitrogen and oxygen atoms in total. The van der Waals surface area contributed by atoms with Crippen molar-refractivity contribution in [1.29, 1.82) is 0 Å². The molecule has 1 amide bonds. The Bertz CT molecular complexity index is 1690. The van der Waals surface area contributed by atoms with Gasteiger partial charge in [0.1, 0.15) is 48.8 Å². The Morgan fingerprint density at radius 2 is 0.770 bits per heavy atom. The predicted molar refractivity (Wildman–Crippen MR) is 355 cm³/mol. The first-order valence-corrected chi connectivity index (χ1v) is 36.0. The van der Waals surface area contributed by atoms with E-state index >= 15 is 0 Å². The maximum atomic E-state index is 13.3. The average Bonchev–Trinajstić information content (AvgIpc) is 2.33. The van der Waals surface area contributed by atoms with E-state index < -0.39 is 86.8 Å². The number of aliphatic hydroxyl groups is 8. The van der Waals surface area contributed by atoms with E-state index in [1.165, 1.54) is 218 Å². The van der Waals surface area contributed by atoms with E-state index in [1.807, 2.05) is 6.08 Å². The molecule has 0 aromatic carbocycles. The lowest BCUT2D eigenvalue weighted by Gasteiger charge is -2.46. The Labute approximate surface area is 530 Å². The van der Waals surface area contributed by atoms with Crippen LogP contribution < -0.4 is 5.32 Å². The van der Waals surface area contributed by atoms with Crippen molar-refractivity contribution in [2.24, 2.45) is 0 Å². The first-order chi connectivity index (χ1) is 42.6. The quantitative estimate of drug-likeness (QED) is 0.0204. The van der Waals surface area contributed by atoms with Gasteiger partial charge in [-0.25, -0.2) is 0 Å². The number of amides is 1. The summed E-state index contributed by atoms with van der Waals surface area (Å²) in [5, 5.41) is 87.4. The summed E-state index contributed by atoms with van der Waals surface area (Å²) in [7, 11) is 0. The molecular weight excluding hydrogens is 1100 g/mol. The number of hydrogen-bond acceptors (Lipinski definition) is 13. The Morgan fingerprint density at radius 1 is 0.414 bits per heavy atom. The van der Waals surface area contributed by atoms with Crippen molar-refractivity contribution in [2.45, 2.75) is 376 Å². The third kappa shape index (κ3) is 41.7. The largest absolute Gasteiger partial charge is 0.394 e. The van der Waals surface area contributed by atoms with Crippen LogP contribution in [0.15, 0.2) is 60.8 Å². The highest BCUT2D eigenvalue weighted by Gasteiger charge is 2.51. The van der Waals surface area contributed by atoms with Gasteiger partial charge in [-0.2, -0.15) is 0 Å². The number of aliphatic hydroxyl groups excluding tert-OH is 8. The molecule has 0 aliphatic carbocycles. The van der Waals surface area contributed by atoms with Crippen molar-refractivity contribution in [3.8, 4) is 0 Å². The maximum Gasteiger partial charge on any atom is 0.220 e.